The molecule has 5 rings (SSSR count). The van der Waals surface area contributed by atoms with E-state index in [1.807, 2.05) is 6.20 Å². The topological polar surface area (TPSA) is 79.1 Å². The van der Waals surface area contributed by atoms with Gasteiger partial charge in [-0.1, -0.05) is 24.3 Å². The summed E-state index contributed by atoms with van der Waals surface area (Å²) in [6, 6.07) is 3.80. The summed E-state index contributed by atoms with van der Waals surface area (Å²) in [5.74, 6) is 0.317. The molecule has 1 atom stereocenters. The molecule has 2 aliphatic heterocycles. The van der Waals surface area contributed by atoms with Gasteiger partial charge in [-0.05, 0) is 43.7 Å². The Hall–Kier alpha value is -2.94. The highest BCUT2D eigenvalue weighted by atomic mass is 32.1. The van der Waals surface area contributed by atoms with Crippen LogP contribution in [0.25, 0.3) is 10.6 Å². The second-order valence-corrected chi connectivity index (χ2v) is 9.88. The van der Waals surface area contributed by atoms with Gasteiger partial charge >= 0.3 is 0 Å². The molecule has 3 aromatic rings. The number of anilines is 4. The summed E-state index contributed by atoms with van der Waals surface area (Å²) in [7, 11) is 0. The lowest BCUT2D eigenvalue weighted by Crippen LogP contribution is -2.36. The number of nitrogens with one attached hydrogen (secondary N) is 2. The zero-order valence-corrected chi connectivity index (χ0v) is 19.4. The molecule has 1 fully saturated rings. The Kier molecular flexibility index (Phi) is 6.05. The fourth-order valence-electron chi connectivity index (χ4n) is 4.77. The second-order valence-electron chi connectivity index (χ2n) is 8.85. The zero-order valence-electron chi connectivity index (χ0n) is 18.6. The van der Waals surface area contributed by atoms with Crippen molar-refractivity contribution >= 4 is 33.5 Å². The first-order valence-electron chi connectivity index (χ1n) is 11.5. The van der Waals surface area contributed by atoms with Gasteiger partial charge in [0.05, 0.1) is 35.4 Å². The van der Waals surface area contributed by atoms with Crippen molar-refractivity contribution in [2.24, 2.45) is 5.92 Å². The lowest BCUT2D eigenvalue weighted by atomic mass is 9.97. The highest BCUT2D eigenvalue weighted by Crippen LogP contribution is 2.39. The van der Waals surface area contributed by atoms with Gasteiger partial charge in [-0.25, -0.2) is 18.7 Å². The van der Waals surface area contributed by atoms with Crippen LogP contribution in [0.3, 0.4) is 0 Å². The molecule has 2 aromatic heterocycles. The van der Waals surface area contributed by atoms with Crippen LogP contribution in [0.15, 0.2) is 24.4 Å². The average Bonchev–Trinajstić information content (AvgIpc) is 3.17. The fraction of sp³-hybridized carbons (Fsp3) is 0.417. The van der Waals surface area contributed by atoms with E-state index in [0.717, 1.165) is 55.3 Å². The number of halogens is 2. The second kappa shape index (κ2) is 9.13. The Bertz CT molecular complexity index is 1140. The molecule has 0 aliphatic carbocycles. The van der Waals surface area contributed by atoms with Crippen molar-refractivity contribution in [1.82, 2.24) is 9.97 Å². The predicted octanol–water partition coefficient (Wildman–Crippen LogP) is 5.27. The quantitative estimate of drug-likeness (QED) is 0.471. The van der Waals surface area contributed by atoms with Crippen LogP contribution in [-0.4, -0.2) is 29.6 Å². The molecule has 0 saturated carbocycles. The number of nitrogen functional groups attached to an aromatic ring is 1. The maximum atomic E-state index is 14.2. The maximum absolute atomic E-state index is 14.2. The van der Waals surface area contributed by atoms with Crippen molar-refractivity contribution in [2.45, 2.75) is 39.2 Å². The molecule has 33 heavy (non-hydrogen) atoms. The summed E-state index contributed by atoms with van der Waals surface area (Å²) in [6.45, 7) is 5.62. The van der Waals surface area contributed by atoms with E-state index in [1.165, 1.54) is 42.3 Å². The molecule has 0 unspecified atom stereocenters. The van der Waals surface area contributed by atoms with Gasteiger partial charge < -0.3 is 21.3 Å². The Labute approximate surface area is 196 Å². The first-order valence-corrected chi connectivity index (χ1v) is 12.3. The summed E-state index contributed by atoms with van der Waals surface area (Å²) >= 11 is 1.10. The van der Waals surface area contributed by atoms with Crippen LogP contribution in [0, 0.1) is 17.6 Å². The summed E-state index contributed by atoms with van der Waals surface area (Å²) < 4.78 is 28.5. The van der Waals surface area contributed by atoms with Crippen LogP contribution in [0.4, 0.5) is 31.0 Å². The van der Waals surface area contributed by atoms with Gasteiger partial charge in [0.1, 0.15) is 27.5 Å². The van der Waals surface area contributed by atoms with Gasteiger partial charge in [-0.15, -0.1) is 0 Å². The van der Waals surface area contributed by atoms with Crippen molar-refractivity contribution < 1.29 is 8.78 Å². The molecular weight excluding hydrogens is 442 g/mol. The summed E-state index contributed by atoms with van der Waals surface area (Å²) in [4.78, 5) is 11.6. The SMILES string of the molecule is C[C@H]1CCCN(c2c(NCc3nc(-c4c(F)cccc4F)sc3N)cnc3c2CCCN3)C1. The third-order valence-corrected chi connectivity index (χ3v) is 7.31. The van der Waals surface area contributed by atoms with Crippen molar-refractivity contribution in [3.63, 3.8) is 0 Å². The van der Waals surface area contributed by atoms with Gasteiger partial charge in [-0.2, -0.15) is 0 Å². The molecule has 1 aromatic carbocycles. The van der Waals surface area contributed by atoms with Gasteiger partial charge in [0.2, 0.25) is 0 Å². The predicted molar refractivity (Wildman–Crippen MR) is 131 cm³/mol. The number of pyridine rings is 1. The van der Waals surface area contributed by atoms with E-state index >= 15 is 0 Å². The summed E-state index contributed by atoms with van der Waals surface area (Å²) in [6.07, 6.45) is 6.34. The monoisotopic (exact) mass is 470 g/mol. The maximum Gasteiger partial charge on any atom is 0.136 e. The number of thiazole rings is 1. The average molecular weight is 471 g/mol. The highest BCUT2D eigenvalue weighted by Gasteiger charge is 2.26. The van der Waals surface area contributed by atoms with Gasteiger partial charge in [0, 0.05) is 25.2 Å². The molecule has 2 aliphatic rings. The Morgan fingerprint density at radius 2 is 2.09 bits per heavy atom. The number of rotatable bonds is 5. The first-order chi connectivity index (χ1) is 16.0. The fourth-order valence-corrected chi connectivity index (χ4v) is 5.66. The number of hydrogen-bond acceptors (Lipinski definition) is 7. The zero-order chi connectivity index (χ0) is 22.9. The lowest BCUT2D eigenvalue weighted by Gasteiger charge is -2.36. The molecule has 1 saturated heterocycles. The first kappa shape index (κ1) is 21.9. The molecule has 9 heteroatoms. The number of aromatic nitrogens is 2. The Morgan fingerprint density at radius 1 is 1.27 bits per heavy atom. The van der Waals surface area contributed by atoms with Gasteiger partial charge in [0.15, 0.2) is 0 Å². The number of benzene rings is 1. The van der Waals surface area contributed by atoms with E-state index in [9.17, 15) is 8.78 Å². The van der Waals surface area contributed by atoms with Gasteiger partial charge in [-0.3, -0.25) is 0 Å². The summed E-state index contributed by atoms with van der Waals surface area (Å²) in [5.41, 5.74) is 10.0. The molecule has 0 radical (unpaired) electrons. The number of nitrogens with two attached hydrogens (primary N) is 1. The van der Waals surface area contributed by atoms with Crippen LogP contribution in [-0.2, 0) is 13.0 Å². The minimum Gasteiger partial charge on any atom is -0.389 e. The Balaban J connectivity index is 1.44. The minimum absolute atomic E-state index is 0.134. The molecule has 4 heterocycles. The van der Waals surface area contributed by atoms with Crippen LogP contribution < -0.4 is 21.3 Å². The van der Waals surface area contributed by atoms with Crippen molar-refractivity contribution in [2.75, 3.05) is 40.9 Å². The molecule has 0 bridgehead atoms. The third-order valence-electron chi connectivity index (χ3n) is 6.37. The van der Waals surface area contributed by atoms with Crippen LogP contribution in [0.1, 0.15) is 37.4 Å². The molecule has 0 spiro atoms. The van der Waals surface area contributed by atoms with E-state index in [4.69, 9.17) is 5.73 Å². The van der Waals surface area contributed by atoms with E-state index in [2.05, 4.69) is 32.4 Å². The summed E-state index contributed by atoms with van der Waals surface area (Å²) in [5, 5.41) is 7.59. The molecule has 4 N–H and O–H groups in total. The highest BCUT2D eigenvalue weighted by molar-refractivity contribution is 7.18. The van der Waals surface area contributed by atoms with E-state index < -0.39 is 11.6 Å². The van der Waals surface area contributed by atoms with Crippen LogP contribution in [0.5, 0.6) is 0 Å². The van der Waals surface area contributed by atoms with Crippen LogP contribution >= 0.6 is 11.3 Å². The number of hydrogen-bond donors (Lipinski definition) is 3. The normalized spacial score (nSPS) is 18.0. The molecule has 0 amide bonds. The number of nitrogens with zero attached hydrogens (tertiary/aromatic N) is 3. The number of fused-ring (bicyclic) bond motifs is 1. The molecule has 174 valence electrons. The van der Waals surface area contributed by atoms with Crippen LogP contribution in [0.2, 0.25) is 0 Å². The van der Waals surface area contributed by atoms with E-state index in [0.29, 0.717) is 23.2 Å². The van der Waals surface area contributed by atoms with Crippen molar-refractivity contribution in [3.8, 4) is 10.6 Å². The molecular formula is C24H28F2N6S. The minimum atomic E-state index is -0.642. The van der Waals surface area contributed by atoms with Gasteiger partial charge in [0.25, 0.3) is 0 Å². The lowest BCUT2D eigenvalue weighted by molar-refractivity contribution is 0.446. The Morgan fingerprint density at radius 3 is 2.88 bits per heavy atom. The smallest absolute Gasteiger partial charge is 0.136 e. The van der Waals surface area contributed by atoms with Crippen molar-refractivity contribution in [1.29, 1.82) is 0 Å². The molecule has 6 nitrogen and oxygen atoms in total. The van der Waals surface area contributed by atoms with Crippen molar-refractivity contribution in [3.05, 3.63) is 47.3 Å². The third kappa shape index (κ3) is 4.34. The largest absolute Gasteiger partial charge is 0.389 e. The van der Waals surface area contributed by atoms with E-state index in [-0.39, 0.29) is 10.6 Å². The standard InChI is InChI=1S/C24H28F2N6S/c1-14-5-4-10-32(13-14)21-15-6-3-9-28-23(15)30-11-18(21)29-12-19-22(27)33-24(31-19)20-16(25)7-2-8-17(20)26/h2,7-8,11,14,29H,3-6,9-10,12-13,27H2,1H3,(H,28,30)/t14-/m0/s1. The van der Waals surface area contributed by atoms with E-state index in [1.54, 1.807) is 0 Å². The number of piperidine rings is 1.